The maximum Gasteiger partial charge on any atom is 0.139 e. The fraction of sp³-hybridized carbons (Fsp3) is 0.381. The van der Waals surface area contributed by atoms with Crippen LogP contribution in [0.3, 0.4) is 0 Å². The number of hydrogen-bond donors (Lipinski definition) is 0. The summed E-state index contributed by atoms with van der Waals surface area (Å²) in [5, 5.41) is 0. The molecule has 2 rings (SSSR count). The molecule has 0 saturated heterocycles. The third-order valence-electron chi connectivity index (χ3n) is 3.91. The molecule has 0 aliphatic rings. The summed E-state index contributed by atoms with van der Waals surface area (Å²) >= 11 is 0. The van der Waals surface area contributed by atoms with E-state index in [4.69, 9.17) is 0 Å². The standard InChI is InChI=1S/C21H26O/c1-15(2)13-17-5-9-19(10-6-17)20-11-7-18(8-12-20)14-21(22)16(3)4/h5-12,15-16H,13-14H2,1-4H3. The van der Waals surface area contributed by atoms with E-state index in [1.54, 1.807) is 0 Å². The highest BCUT2D eigenvalue weighted by molar-refractivity contribution is 5.82. The van der Waals surface area contributed by atoms with Crippen LogP contribution in [0.5, 0.6) is 0 Å². The van der Waals surface area contributed by atoms with Gasteiger partial charge in [0, 0.05) is 12.3 Å². The molecule has 0 radical (unpaired) electrons. The van der Waals surface area contributed by atoms with Crippen LogP contribution >= 0.6 is 0 Å². The number of carbonyl (C=O) groups excluding carboxylic acids is 1. The predicted octanol–water partition coefficient (Wildman–Crippen LogP) is 5.32. The Bertz CT molecular complexity index is 603. The van der Waals surface area contributed by atoms with Crippen molar-refractivity contribution in [2.75, 3.05) is 0 Å². The zero-order valence-electron chi connectivity index (χ0n) is 14.1. The van der Waals surface area contributed by atoms with E-state index in [0.717, 1.165) is 12.0 Å². The Morgan fingerprint density at radius 1 is 0.773 bits per heavy atom. The molecule has 0 fully saturated rings. The predicted molar refractivity (Wildman–Crippen MR) is 94.0 cm³/mol. The third kappa shape index (κ3) is 4.56. The van der Waals surface area contributed by atoms with E-state index in [9.17, 15) is 4.79 Å². The van der Waals surface area contributed by atoms with Crippen molar-refractivity contribution >= 4 is 5.78 Å². The molecule has 0 saturated carbocycles. The van der Waals surface area contributed by atoms with Crippen LogP contribution in [0.1, 0.15) is 38.8 Å². The highest BCUT2D eigenvalue weighted by Crippen LogP contribution is 2.21. The van der Waals surface area contributed by atoms with E-state index >= 15 is 0 Å². The lowest BCUT2D eigenvalue weighted by Gasteiger charge is -2.08. The highest BCUT2D eigenvalue weighted by Gasteiger charge is 2.08. The molecule has 0 atom stereocenters. The topological polar surface area (TPSA) is 17.1 Å². The molecule has 0 aromatic heterocycles. The Morgan fingerprint density at radius 3 is 1.64 bits per heavy atom. The van der Waals surface area contributed by atoms with E-state index < -0.39 is 0 Å². The first-order valence-corrected chi connectivity index (χ1v) is 8.16. The zero-order valence-corrected chi connectivity index (χ0v) is 14.1. The summed E-state index contributed by atoms with van der Waals surface area (Å²) in [5.74, 6) is 1.09. The van der Waals surface area contributed by atoms with Crippen molar-refractivity contribution in [3.8, 4) is 11.1 Å². The van der Waals surface area contributed by atoms with Crippen molar-refractivity contribution in [2.24, 2.45) is 11.8 Å². The van der Waals surface area contributed by atoms with Crippen LogP contribution in [0, 0.1) is 11.8 Å². The largest absolute Gasteiger partial charge is 0.299 e. The van der Waals surface area contributed by atoms with Gasteiger partial charge in [-0.1, -0.05) is 76.2 Å². The molecule has 0 bridgehead atoms. The Morgan fingerprint density at radius 2 is 1.23 bits per heavy atom. The van der Waals surface area contributed by atoms with Crippen LogP contribution in [0.2, 0.25) is 0 Å². The number of ketones is 1. The number of hydrogen-bond acceptors (Lipinski definition) is 1. The molecule has 2 aromatic rings. The van der Waals surface area contributed by atoms with Gasteiger partial charge in [0.1, 0.15) is 5.78 Å². The van der Waals surface area contributed by atoms with Crippen LogP contribution < -0.4 is 0 Å². The van der Waals surface area contributed by atoms with Gasteiger partial charge in [-0.25, -0.2) is 0 Å². The maximum atomic E-state index is 11.8. The average molecular weight is 294 g/mol. The summed E-state index contributed by atoms with van der Waals surface area (Å²) in [6.45, 7) is 8.39. The van der Waals surface area contributed by atoms with E-state index in [-0.39, 0.29) is 5.92 Å². The molecular formula is C21H26O. The van der Waals surface area contributed by atoms with Crippen LogP contribution in [-0.4, -0.2) is 5.78 Å². The fourth-order valence-corrected chi connectivity index (χ4v) is 2.53. The third-order valence-corrected chi connectivity index (χ3v) is 3.91. The van der Waals surface area contributed by atoms with Crippen LogP contribution in [0.25, 0.3) is 11.1 Å². The van der Waals surface area contributed by atoms with E-state index in [1.807, 2.05) is 13.8 Å². The summed E-state index contributed by atoms with van der Waals surface area (Å²) < 4.78 is 0. The normalized spacial score (nSPS) is 11.2. The first-order valence-electron chi connectivity index (χ1n) is 8.16. The van der Waals surface area contributed by atoms with Crippen molar-refractivity contribution in [1.82, 2.24) is 0 Å². The number of carbonyl (C=O) groups is 1. The van der Waals surface area contributed by atoms with Gasteiger partial charge in [-0.3, -0.25) is 4.79 Å². The molecule has 0 heterocycles. The summed E-state index contributed by atoms with van der Waals surface area (Å²) in [7, 11) is 0. The molecule has 1 nitrogen and oxygen atoms in total. The number of Topliss-reactive ketones (excluding diaryl/α,β-unsaturated/α-hetero) is 1. The van der Waals surface area contributed by atoms with Crippen molar-refractivity contribution in [1.29, 1.82) is 0 Å². The van der Waals surface area contributed by atoms with Crippen molar-refractivity contribution in [3.05, 3.63) is 59.7 Å². The van der Waals surface area contributed by atoms with Gasteiger partial charge in [-0.2, -0.15) is 0 Å². The molecule has 2 aromatic carbocycles. The molecular weight excluding hydrogens is 268 g/mol. The minimum atomic E-state index is 0.105. The maximum absolute atomic E-state index is 11.8. The van der Waals surface area contributed by atoms with Gasteiger partial charge in [0.15, 0.2) is 0 Å². The Hall–Kier alpha value is -1.89. The van der Waals surface area contributed by atoms with Crippen LogP contribution in [0.4, 0.5) is 0 Å². The molecule has 0 N–H and O–H groups in total. The summed E-state index contributed by atoms with van der Waals surface area (Å²) in [6.07, 6.45) is 1.65. The van der Waals surface area contributed by atoms with E-state index in [0.29, 0.717) is 18.1 Å². The lowest BCUT2D eigenvalue weighted by Crippen LogP contribution is -2.09. The minimum Gasteiger partial charge on any atom is -0.299 e. The second-order valence-corrected chi connectivity index (χ2v) is 6.79. The van der Waals surface area contributed by atoms with Gasteiger partial charge in [0.05, 0.1) is 0 Å². The summed E-state index contributed by atoms with van der Waals surface area (Å²) in [6, 6.07) is 17.2. The lowest BCUT2D eigenvalue weighted by molar-refractivity contribution is -0.121. The second-order valence-electron chi connectivity index (χ2n) is 6.79. The highest BCUT2D eigenvalue weighted by atomic mass is 16.1. The van der Waals surface area contributed by atoms with Gasteiger partial charge in [-0.15, -0.1) is 0 Å². The van der Waals surface area contributed by atoms with Crippen LogP contribution in [0.15, 0.2) is 48.5 Å². The molecule has 0 unspecified atom stereocenters. The Balaban J connectivity index is 2.08. The van der Waals surface area contributed by atoms with Gasteiger partial charge in [-0.05, 0) is 34.6 Å². The van der Waals surface area contributed by atoms with Gasteiger partial charge < -0.3 is 0 Å². The van der Waals surface area contributed by atoms with E-state index in [2.05, 4.69) is 62.4 Å². The van der Waals surface area contributed by atoms with Crippen LogP contribution in [-0.2, 0) is 17.6 Å². The molecule has 22 heavy (non-hydrogen) atoms. The fourth-order valence-electron chi connectivity index (χ4n) is 2.53. The van der Waals surface area contributed by atoms with Crippen molar-refractivity contribution in [2.45, 2.75) is 40.5 Å². The smallest absolute Gasteiger partial charge is 0.139 e. The minimum absolute atomic E-state index is 0.105. The summed E-state index contributed by atoms with van der Waals surface area (Å²) in [5.41, 5.74) is 4.92. The number of rotatable bonds is 6. The number of benzene rings is 2. The van der Waals surface area contributed by atoms with Crippen molar-refractivity contribution < 1.29 is 4.79 Å². The van der Waals surface area contributed by atoms with Gasteiger partial charge in [0.2, 0.25) is 0 Å². The molecule has 1 heteroatoms. The molecule has 0 spiro atoms. The van der Waals surface area contributed by atoms with Gasteiger partial charge in [0.25, 0.3) is 0 Å². The van der Waals surface area contributed by atoms with E-state index in [1.165, 1.54) is 16.7 Å². The van der Waals surface area contributed by atoms with Gasteiger partial charge >= 0.3 is 0 Å². The summed E-state index contributed by atoms with van der Waals surface area (Å²) in [4.78, 5) is 11.8. The SMILES string of the molecule is CC(C)Cc1ccc(-c2ccc(CC(=O)C(C)C)cc2)cc1. The Labute approximate surface area is 134 Å². The first-order chi connectivity index (χ1) is 10.5. The second kappa shape index (κ2) is 7.40. The van der Waals surface area contributed by atoms with Crippen molar-refractivity contribution in [3.63, 3.8) is 0 Å². The quantitative estimate of drug-likeness (QED) is 0.704. The first kappa shape index (κ1) is 16.5. The molecule has 0 aliphatic heterocycles. The zero-order chi connectivity index (χ0) is 16.1. The molecule has 116 valence electrons. The lowest BCUT2D eigenvalue weighted by atomic mass is 9.97. The average Bonchev–Trinajstić information content (AvgIpc) is 2.48. The monoisotopic (exact) mass is 294 g/mol. The Kier molecular flexibility index (Phi) is 5.54. The molecule has 0 aliphatic carbocycles. The molecule has 0 amide bonds.